The molecule has 1 atom stereocenters. The molecule has 2 saturated heterocycles. The van der Waals surface area contributed by atoms with E-state index in [1.807, 2.05) is 11.8 Å². The SMILES string of the molecule is CCC(=O)N1CCC(NC(=NC)NCc2ccc(COC3CCOCC3)cc2)C1.I. The molecular weight excluding hydrogens is 495 g/mol. The second-order valence-corrected chi connectivity index (χ2v) is 7.69. The lowest BCUT2D eigenvalue weighted by Gasteiger charge is -2.22. The van der Waals surface area contributed by atoms with E-state index in [1.165, 1.54) is 11.1 Å². The fourth-order valence-electron chi connectivity index (χ4n) is 3.71. The predicted octanol–water partition coefficient (Wildman–Crippen LogP) is 2.68. The fourth-order valence-corrected chi connectivity index (χ4v) is 3.71. The number of aliphatic imine (C=N–C) groups is 1. The van der Waals surface area contributed by atoms with Gasteiger partial charge in [-0.1, -0.05) is 31.2 Å². The molecule has 1 amide bonds. The third kappa shape index (κ3) is 7.70. The Labute approximate surface area is 197 Å². The number of nitrogens with zero attached hydrogens (tertiary/aromatic N) is 2. The predicted molar refractivity (Wildman–Crippen MR) is 129 cm³/mol. The van der Waals surface area contributed by atoms with Crippen LogP contribution in [0.5, 0.6) is 0 Å². The average molecular weight is 530 g/mol. The number of ether oxygens (including phenoxy) is 2. The van der Waals surface area contributed by atoms with Crippen LogP contribution in [0.1, 0.15) is 43.7 Å². The molecule has 2 fully saturated rings. The minimum atomic E-state index is 0. The summed E-state index contributed by atoms with van der Waals surface area (Å²) in [4.78, 5) is 18.1. The molecule has 8 heteroatoms. The Hall–Kier alpha value is -1.39. The van der Waals surface area contributed by atoms with Crippen LogP contribution in [-0.4, -0.2) is 62.3 Å². The van der Waals surface area contributed by atoms with E-state index in [2.05, 4.69) is 39.9 Å². The molecule has 2 aliphatic heterocycles. The molecular formula is C22H35IN4O3. The quantitative estimate of drug-likeness (QED) is 0.322. The second kappa shape index (κ2) is 13.1. The van der Waals surface area contributed by atoms with E-state index in [9.17, 15) is 4.79 Å². The van der Waals surface area contributed by atoms with Gasteiger partial charge in [-0.15, -0.1) is 24.0 Å². The molecule has 0 radical (unpaired) electrons. The highest BCUT2D eigenvalue weighted by atomic mass is 127. The summed E-state index contributed by atoms with van der Waals surface area (Å²) in [7, 11) is 1.77. The topological polar surface area (TPSA) is 75.2 Å². The summed E-state index contributed by atoms with van der Waals surface area (Å²) >= 11 is 0. The largest absolute Gasteiger partial charge is 0.381 e. The van der Waals surface area contributed by atoms with Gasteiger partial charge in [0, 0.05) is 52.4 Å². The van der Waals surface area contributed by atoms with Crippen molar-refractivity contribution in [2.45, 2.75) is 57.9 Å². The summed E-state index contributed by atoms with van der Waals surface area (Å²) in [6, 6.07) is 8.75. The monoisotopic (exact) mass is 530 g/mol. The molecule has 1 unspecified atom stereocenters. The third-order valence-electron chi connectivity index (χ3n) is 5.54. The van der Waals surface area contributed by atoms with E-state index in [0.717, 1.165) is 51.5 Å². The molecule has 3 rings (SSSR count). The molecule has 7 nitrogen and oxygen atoms in total. The zero-order chi connectivity index (χ0) is 20.5. The first-order valence-electron chi connectivity index (χ1n) is 10.7. The Morgan fingerprint density at radius 1 is 1.20 bits per heavy atom. The molecule has 2 aliphatic rings. The first kappa shape index (κ1) is 24.9. The lowest BCUT2D eigenvalue weighted by Crippen LogP contribution is -2.44. The average Bonchev–Trinajstić information content (AvgIpc) is 3.24. The zero-order valence-electron chi connectivity index (χ0n) is 18.1. The van der Waals surface area contributed by atoms with Gasteiger partial charge in [0.25, 0.3) is 0 Å². The van der Waals surface area contributed by atoms with Crippen molar-refractivity contribution in [3.05, 3.63) is 35.4 Å². The Kier molecular flexibility index (Phi) is 10.9. The van der Waals surface area contributed by atoms with E-state index in [-0.39, 0.29) is 35.9 Å². The van der Waals surface area contributed by atoms with Crippen LogP contribution >= 0.6 is 24.0 Å². The highest BCUT2D eigenvalue weighted by Gasteiger charge is 2.25. The lowest BCUT2D eigenvalue weighted by molar-refractivity contribution is -0.129. The lowest BCUT2D eigenvalue weighted by atomic mass is 10.1. The normalized spacial score (nSPS) is 20.0. The number of amides is 1. The standard InChI is InChI=1S/C22H34N4O3.HI/c1-3-21(27)26-11-8-19(15-26)25-22(23-2)24-14-17-4-6-18(7-5-17)16-29-20-9-12-28-13-10-20;/h4-7,19-20H,3,8-16H2,1-2H3,(H2,23,24,25);1H. The Bertz CT molecular complexity index is 677. The van der Waals surface area contributed by atoms with Crippen LogP contribution in [0, 0.1) is 0 Å². The molecule has 30 heavy (non-hydrogen) atoms. The van der Waals surface area contributed by atoms with Gasteiger partial charge in [-0.3, -0.25) is 9.79 Å². The Morgan fingerprint density at radius 3 is 2.57 bits per heavy atom. The number of carbonyl (C=O) groups is 1. The summed E-state index contributed by atoms with van der Waals surface area (Å²) in [5.74, 6) is 0.992. The fraction of sp³-hybridized carbons (Fsp3) is 0.636. The van der Waals surface area contributed by atoms with Crippen LogP contribution in [0.15, 0.2) is 29.3 Å². The van der Waals surface area contributed by atoms with Gasteiger partial charge < -0.3 is 25.0 Å². The number of likely N-dealkylation sites (tertiary alicyclic amines) is 1. The highest BCUT2D eigenvalue weighted by molar-refractivity contribution is 14.0. The van der Waals surface area contributed by atoms with Crippen molar-refractivity contribution in [2.75, 3.05) is 33.4 Å². The van der Waals surface area contributed by atoms with Crippen molar-refractivity contribution in [3.63, 3.8) is 0 Å². The number of nitrogens with one attached hydrogen (secondary N) is 2. The first-order chi connectivity index (χ1) is 14.2. The van der Waals surface area contributed by atoms with Gasteiger partial charge in [0.1, 0.15) is 0 Å². The van der Waals surface area contributed by atoms with E-state index in [4.69, 9.17) is 9.47 Å². The molecule has 1 aromatic rings. The number of hydrogen-bond donors (Lipinski definition) is 2. The molecule has 0 bridgehead atoms. The molecule has 168 valence electrons. The molecule has 0 saturated carbocycles. The number of halogens is 1. The smallest absolute Gasteiger partial charge is 0.222 e. The maximum Gasteiger partial charge on any atom is 0.222 e. The van der Waals surface area contributed by atoms with Crippen LogP contribution in [0.2, 0.25) is 0 Å². The Balaban J connectivity index is 0.00000320. The van der Waals surface area contributed by atoms with E-state index in [1.54, 1.807) is 7.05 Å². The highest BCUT2D eigenvalue weighted by Crippen LogP contribution is 2.14. The van der Waals surface area contributed by atoms with E-state index >= 15 is 0 Å². The van der Waals surface area contributed by atoms with Crippen LogP contribution in [0.3, 0.4) is 0 Å². The number of guanidine groups is 1. The van der Waals surface area contributed by atoms with Gasteiger partial charge in [0.2, 0.25) is 5.91 Å². The molecule has 1 aromatic carbocycles. The van der Waals surface area contributed by atoms with Crippen LogP contribution < -0.4 is 10.6 Å². The van der Waals surface area contributed by atoms with Crippen LogP contribution in [-0.2, 0) is 27.4 Å². The molecule has 0 aliphatic carbocycles. The van der Waals surface area contributed by atoms with Gasteiger partial charge in [0.05, 0.1) is 12.7 Å². The van der Waals surface area contributed by atoms with E-state index < -0.39 is 0 Å². The van der Waals surface area contributed by atoms with Gasteiger partial charge in [0.15, 0.2) is 5.96 Å². The Morgan fingerprint density at radius 2 is 1.90 bits per heavy atom. The number of benzene rings is 1. The molecule has 2 N–H and O–H groups in total. The third-order valence-corrected chi connectivity index (χ3v) is 5.54. The maximum atomic E-state index is 11.8. The summed E-state index contributed by atoms with van der Waals surface area (Å²) in [6.07, 6.45) is 3.81. The first-order valence-corrected chi connectivity index (χ1v) is 10.7. The molecule has 0 spiro atoms. The minimum Gasteiger partial charge on any atom is -0.381 e. The summed E-state index contributed by atoms with van der Waals surface area (Å²) < 4.78 is 11.3. The van der Waals surface area contributed by atoms with E-state index in [0.29, 0.717) is 25.7 Å². The molecule has 0 aromatic heterocycles. The van der Waals surface area contributed by atoms with Gasteiger partial charge in [-0.05, 0) is 30.4 Å². The van der Waals surface area contributed by atoms with Crippen molar-refractivity contribution in [3.8, 4) is 0 Å². The van der Waals surface area contributed by atoms with Crippen molar-refractivity contribution >= 4 is 35.8 Å². The van der Waals surface area contributed by atoms with Crippen molar-refractivity contribution in [1.82, 2.24) is 15.5 Å². The number of rotatable bonds is 7. The maximum absolute atomic E-state index is 11.8. The van der Waals surface area contributed by atoms with Crippen molar-refractivity contribution in [2.24, 2.45) is 4.99 Å². The van der Waals surface area contributed by atoms with Gasteiger partial charge in [-0.2, -0.15) is 0 Å². The van der Waals surface area contributed by atoms with Crippen LogP contribution in [0.25, 0.3) is 0 Å². The minimum absolute atomic E-state index is 0. The summed E-state index contributed by atoms with van der Waals surface area (Å²) in [5, 5.41) is 6.79. The summed E-state index contributed by atoms with van der Waals surface area (Å²) in [5.41, 5.74) is 2.38. The summed E-state index contributed by atoms with van der Waals surface area (Å²) in [6.45, 7) is 6.43. The number of hydrogen-bond acceptors (Lipinski definition) is 4. The second-order valence-electron chi connectivity index (χ2n) is 7.69. The number of carbonyl (C=O) groups excluding carboxylic acids is 1. The van der Waals surface area contributed by atoms with Gasteiger partial charge in [-0.25, -0.2) is 0 Å². The zero-order valence-corrected chi connectivity index (χ0v) is 20.4. The van der Waals surface area contributed by atoms with Crippen molar-refractivity contribution in [1.29, 1.82) is 0 Å². The van der Waals surface area contributed by atoms with Gasteiger partial charge >= 0.3 is 0 Å². The molecule has 2 heterocycles. The van der Waals surface area contributed by atoms with Crippen molar-refractivity contribution < 1.29 is 14.3 Å². The van der Waals surface area contributed by atoms with Crippen LogP contribution in [0.4, 0.5) is 0 Å².